The van der Waals surface area contributed by atoms with Gasteiger partial charge < -0.3 is 15.4 Å². The van der Waals surface area contributed by atoms with Crippen molar-refractivity contribution >= 4 is 23.8 Å². The van der Waals surface area contributed by atoms with Crippen molar-refractivity contribution in [1.29, 1.82) is 0 Å². The molecule has 25 heavy (non-hydrogen) atoms. The van der Waals surface area contributed by atoms with E-state index in [0.29, 0.717) is 17.5 Å². The molecule has 0 amide bonds. The molecule has 2 N–H and O–H groups in total. The number of hydrogen-bond acceptors (Lipinski definition) is 5. The van der Waals surface area contributed by atoms with E-state index in [9.17, 15) is 9.18 Å². The Morgan fingerprint density at radius 2 is 2.12 bits per heavy atom. The Morgan fingerprint density at radius 3 is 2.84 bits per heavy atom. The highest BCUT2D eigenvalue weighted by atomic mass is 35.5. The Morgan fingerprint density at radius 1 is 1.36 bits per heavy atom. The molecular formula is C18H20ClFN4O. The zero-order valence-electron chi connectivity index (χ0n) is 13.9. The lowest BCUT2D eigenvalue weighted by Gasteiger charge is -2.27. The van der Waals surface area contributed by atoms with Crippen molar-refractivity contribution in [3.63, 3.8) is 0 Å². The zero-order valence-corrected chi connectivity index (χ0v) is 14.6. The molecule has 2 heterocycles. The molecule has 132 valence electrons. The van der Waals surface area contributed by atoms with Crippen molar-refractivity contribution in [3.05, 3.63) is 52.6 Å². The van der Waals surface area contributed by atoms with Gasteiger partial charge in [-0.25, -0.2) is 14.4 Å². The third kappa shape index (κ3) is 4.52. The minimum atomic E-state index is -0.270. The number of benzene rings is 1. The van der Waals surface area contributed by atoms with Gasteiger partial charge in [-0.1, -0.05) is 23.7 Å². The summed E-state index contributed by atoms with van der Waals surface area (Å²) in [5.74, 6) is 0.326. The summed E-state index contributed by atoms with van der Waals surface area (Å²) < 4.78 is 13.1. The molecule has 3 atom stereocenters. The standard InChI is InChI=1S/C18H20ClFN4O/c1-11(12-2-4-14(20)5-3-12)22-18-23-16(9-17(19)24-18)13-6-7-21-15(8-13)10-25/h2-5,9-11,13,15,21H,6-8H2,1H3,(H,22,23,24). The first-order chi connectivity index (χ1) is 12.0. The Labute approximate surface area is 151 Å². The first-order valence-electron chi connectivity index (χ1n) is 8.30. The fourth-order valence-corrected chi connectivity index (χ4v) is 3.25. The molecule has 3 rings (SSSR count). The van der Waals surface area contributed by atoms with Crippen LogP contribution in [-0.4, -0.2) is 28.8 Å². The molecular weight excluding hydrogens is 343 g/mol. The van der Waals surface area contributed by atoms with E-state index < -0.39 is 0 Å². The SMILES string of the molecule is CC(Nc1nc(Cl)cc(C2CCNC(C=O)C2)n1)c1ccc(F)cc1. The average molecular weight is 363 g/mol. The van der Waals surface area contributed by atoms with Gasteiger partial charge in [-0.2, -0.15) is 0 Å². The summed E-state index contributed by atoms with van der Waals surface area (Å²) in [4.78, 5) is 19.9. The second-order valence-electron chi connectivity index (χ2n) is 6.27. The van der Waals surface area contributed by atoms with Gasteiger partial charge in [0.2, 0.25) is 5.95 Å². The van der Waals surface area contributed by atoms with Crippen LogP contribution in [0.15, 0.2) is 30.3 Å². The fourth-order valence-electron chi connectivity index (χ4n) is 3.06. The summed E-state index contributed by atoms with van der Waals surface area (Å²) in [6, 6.07) is 7.80. The van der Waals surface area contributed by atoms with Crippen molar-refractivity contribution in [2.45, 2.75) is 37.8 Å². The Kier molecular flexibility index (Phi) is 5.60. The summed E-state index contributed by atoms with van der Waals surface area (Å²) in [6.07, 6.45) is 2.53. The van der Waals surface area contributed by atoms with Crippen LogP contribution in [0.25, 0.3) is 0 Å². The predicted octanol–water partition coefficient (Wildman–Crippen LogP) is 3.48. The third-order valence-corrected chi connectivity index (χ3v) is 4.64. The number of nitrogens with zero attached hydrogens (tertiary/aromatic N) is 2. The first kappa shape index (κ1) is 17.8. The van der Waals surface area contributed by atoms with Crippen molar-refractivity contribution in [3.8, 4) is 0 Å². The summed E-state index contributed by atoms with van der Waals surface area (Å²) in [5.41, 5.74) is 1.76. The molecule has 7 heteroatoms. The van der Waals surface area contributed by atoms with Crippen LogP contribution >= 0.6 is 11.6 Å². The van der Waals surface area contributed by atoms with Gasteiger partial charge in [0.1, 0.15) is 17.3 Å². The van der Waals surface area contributed by atoms with Gasteiger partial charge in [-0.3, -0.25) is 0 Å². The molecule has 1 aliphatic rings. The average Bonchev–Trinajstić information content (AvgIpc) is 2.61. The smallest absolute Gasteiger partial charge is 0.224 e. The van der Waals surface area contributed by atoms with Crippen molar-refractivity contribution < 1.29 is 9.18 Å². The molecule has 1 aliphatic heterocycles. The molecule has 3 unspecified atom stereocenters. The highest BCUT2D eigenvalue weighted by Crippen LogP contribution is 2.28. The topological polar surface area (TPSA) is 66.9 Å². The molecule has 1 saturated heterocycles. The van der Waals surface area contributed by atoms with E-state index >= 15 is 0 Å². The van der Waals surface area contributed by atoms with E-state index in [1.54, 1.807) is 18.2 Å². The van der Waals surface area contributed by atoms with E-state index in [1.807, 2.05) is 6.92 Å². The highest BCUT2D eigenvalue weighted by molar-refractivity contribution is 6.29. The van der Waals surface area contributed by atoms with Crippen LogP contribution in [0.1, 0.15) is 43.0 Å². The number of anilines is 1. The van der Waals surface area contributed by atoms with Crippen LogP contribution < -0.4 is 10.6 Å². The van der Waals surface area contributed by atoms with Crippen molar-refractivity contribution in [2.75, 3.05) is 11.9 Å². The molecule has 5 nitrogen and oxygen atoms in total. The molecule has 0 bridgehead atoms. The second-order valence-corrected chi connectivity index (χ2v) is 6.66. The largest absolute Gasteiger partial charge is 0.348 e. The van der Waals surface area contributed by atoms with E-state index in [2.05, 4.69) is 20.6 Å². The first-order valence-corrected chi connectivity index (χ1v) is 8.68. The van der Waals surface area contributed by atoms with Crippen LogP contribution in [-0.2, 0) is 4.79 Å². The summed E-state index contributed by atoms with van der Waals surface area (Å²) in [7, 11) is 0. The molecule has 1 aromatic heterocycles. The maximum absolute atomic E-state index is 13.1. The fraction of sp³-hybridized carbons (Fsp3) is 0.389. The highest BCUT2D eigenvalue weighted by Gasteiger charge is 2.24. The lowest BCUT2D eigenvalue weighted by atomic mass is 9.90. The molecule has 1 aromatic carbocycles. The Hall–Kier alpha value is -2.05. The molecule has 0 spiro atoms. The molecule has 0 saturated carbocycles. The van der Waals surface area contributed by atoms with Gasteiger partial charge in [0, 0.05) is 5.92 Å². The number of hydrogen-bond donors (Lipinski definition) is 2. The maximum atomic E-state index is 13.1. The van der Waals surface area contributed by atoms with E-state index in [1.165, 1.54) is 12.1 Å². The van der Waals surface area contributed by atoms with Gasteiger partial charge in [0.25, 0.3) is 0 Å². The number of piperidine rings is 1. The lowest BCUT2D eigenvalue weighted by molar-refractivity contribution is -0.110. The number of aromatic nitrogens is 2. The van der Waals surface area contributed by atoms with Crippen molar-refractivity contribution in [1.82, 2.24) is 15.3 Å². The summed E-state index contributed by atoms with van der Waals surface area (Å²) in [5, 5.41) is 6.74. The van der Waals surface area contributed by atoms with Crippen LogP contribution in [0.2, 0.25) is 5.15 Å². The van der Waals surface area contributed by atoms with Gasteiger partial charge in [-0.15, -0.1) is 0 Å². The second kappa shape index (κ2) is 7.89. The number of carbonyl (C=O) groups is 1. The molecule has 2 aromatic rings. The van der Waals surface area contributed by atoms with Crippen LogP contribution in [0.3, 0.4) is 0 Å². The van der Waals surface area contributed by atoms with Crippen LogP contribution in [0.4, 0.5) is 10.3 Å². The number of rotatable bonds is 5. The predicted molar refractivity (Wildman–Crippen MR) is 95.3 cm³/mol. The van der Waals surface area contributed by atoms with E-state index in [0.717, 1.165) is 30.5 Å². The van der Waals surface area contributed by atoms with Gasteiger partial charge in [0.05, 0.1) is 17.8 Å². The van der Waals surface area contributed by atoms with Crippen molar-refractivity contribution in [2.24, 2.45) is 0 Å². The van der Waals surface area contributed by atoms with E-state index in [-0.39, 0.29) is 23.8 Å². The normalized spacial score (nSPS) is 21.6. The summed E-state index contributed by atoms with van der Waals surface area (Å²) >= 11 is 6.16. The number of nitrogens with one attached hydrogen (secondary N) is 2. The van der Waals surface area contributed by atoms with Gasteiger partial charge in [-0.05, 0) is 50.1 Å². The number of carbonyl (C=O) groups excluding carboxylic acids is 1. The quantitative estimate of drug-likeness (QED) is 0.629. The van der Waals surface area contributed by atoms with Crippen LogP contribution in [0, 0.1) is 5.82 Å². The van der Waals surface area contributed by atoms with E-state index in [4.69, 9.17) is 11.6 Å². The minimum absolute atomic E-state index is 0.0948. The minimum Gasteiger partial charge on any atom is -0.348 e. The molecule has 0 aliphatic carbocycles. The molecule has 0 radical (unpaired) electrons. The monoisotopic (exact) mass is 362 g/mol. The van der Waals surface area contributed by atoms with Gasteiger partial charge in [0.15, 0.2) is 0 Å². The maximum Gasteiger partial charge on any atom is 0.224 e. The Bertz CT molecular complexity index is 740. The summed E-state index contributed by atoms with van der Waals surface area (Å²) in [6.45, 7) is 2.72. The van der Waals surface area contributed by atoms with Gasteiger partial charge >= 0.3 is 0 Å². The zero-order chi connectivity index (χ0) is 17.8. The lowest BCUT2D eigenvalue weighted by Crippen LogP contribution is -2.38. The Balaban J connectivity index is 1.77. The van der Waals surface area contributed by atoms with Crippen LogP contribution in [0.5, 0.6) is 0 Å². The third-order valence-electron chi connectivity index (χ3n) is 4.45. The number of aldehydes is 1. The molecule has 1 fully saturated rings. The number of halogens is 2.